The van der Waals surface area contributed by atoms with Crippen LogP contribution in [0.2, 0.25) is 5.02 Å². The van der Waals surface area contributed by atoms with Crippen molar-refractivity contribution in [1.82, 2.24) is 31.0 Å². The summed E-state index contributed by atoms with van der Waals surface area (Å²) in [6.45, 7) is 3.60. The SMILES string of the molecule is CNN/C(C=N)=N/c1ncc(Cl)c(-c2ccc3c(c2)C(=O)N(C(C)C(=O)NC(CO)c2cccc(C)c2)C3)n1. The number of aliphatic hydroxyl groups excluding tert-OH is 1. The summed E-state index contributed by atoms with van der Waals surface area (Å²) in [5, 5.41) is 20.5. The van der Waals surface area contributed by atoms with Gasteiger partial charge >= 0.3 is 0 Å². The average molecular weight is 549 g/mol. The number of carbonyl (C=O) groups excluding carboxylic acids is 2. The standard InChI is InChI=1S/C27H29ClN8O3/c1-15-5-4-6-17(9-15)22(14-37)32-25(38)16(2)36-13-19-8-7-18(10-20(19)26(36)39)24-21(28)12-31-27(34-24)33-23(11-29)35-30-3/h4-12,16,22,29-30,37H,13-14H2,1-3H3,(H,32,38)(H,31,33,34,35). The van der Waals surface area contributed by atoms with Crippen LogP contribution in [-0.2, 0) is 11.3 Å². The molecule has 0 fully saturated rings. The van der Waals surface area contributed by atoms with Gasteiger partial charge in [0.15, 0.2) is 5.84 Å². The number of amidine groups is 1. The lowest BCUT2D eigenvalue weighted by atomic mass is 10.0. The summed E-state index contributed by atoms with van der Waals surface area (Å²) >= 11 is 6.38. The van der Waals surface area contributed by atoms with Crippen molar-refractivity contribution in [3.05, 3.63) is 75.9 Å². The van der Waals surface area contributed by atoms with Crippen LogP contribution in [-0.4, -0.2) is 63.5 Å². The molecule has 12 heteroatoms. The second kappa shape index (κ2) is 12.1. The molecule has 3 aromatic rings. The van der Waals surface area contributed by atoms with Gasteiger partial charge in [0.25, 0.3) is 11.9 Å². The minimum Gasteiger partial charge on any atom is -0.394 e. The lowest BCUT2D eigenvalue weighted by Gasteiger charge is -2.26. The van der Waals surface area contributed by atoms with Gasteiger partial charge < -0.3 is 26.2 Å². The number of hydrogen-bond acceptors (Lipinski definition) is 8. The topological polar surface area (TPSA) is 156 Å². The van der Waals surface area contributed by atoms with Gasteiger partial charge in [0.1, 0.15) is 6.04 Å². The van der Waals surface area contributed by atoms with Crippen LogP contribution in [0.25, 0.3) is 11.3 Å². The molecular weight excluding hydrogens is 520 g/mol. The van der Waals surface area contributed by atoms with E-state index in [0.29, 0.717) is 16.8 Å². The fourth-order valence-corrected chi connectivity index (χ4v) is 4.49. The molecule has 2 heterocycles. The summed E-state index contributed by atoms with van der Waals surface area (Å²) in [6, 6.07) is 11.5. The van der Waals surface area contributed by atoms with Crippen molar-refractivity contribution < 1.29 is 14.7 Å². The highest BCUT2D eigenvalue weighted by Gasteiger charge is 2.35. The molecule has 4 rings (SSSR count). The zero-order valence-corrected chi connectivity index (χ0v) is 22.5. The molecule has 0 saturated carbocycles. The molecule has 2 unspecified atom stereocenters. The predicted octanol–water partition coefficient (Wildman–Crippen LogP) is 2.70. The number of benzene rings is 2. The molecule has 39 heavy (non-hydrogen) atoms. The second-order valence-electron chi connectivity index (χ2n) is 9.02. The Labute approximate surface area is 230 Å². The van der Waals surface area contributed by atoms with Crippen LogP contribution in [0.1, 0.15) is 40.0 Å². The Kier molecular flexibility index (Phi) is 8.65. The van der Waals surface area contributed by atoms with E-state index in [1.807, 2.05) is 37.3 Å². The molecule has 0 bridgehead atoms. The molecule has 1 aromatic heterocycles. The van der Waals surface area contributed by atoms with Gasteiger partial charge in [-0.05, 0) is 31.0 Å². The zero-order chi connectivity index (χ0) is 28.1. The first-order chi connectivity index (χ1) is 18.7. The van der Waals surface area contributed by atoms with Gasteiger partial charge in [-0.2, -0.15) is 4.99 Å². The Hall–Kier alpha value is -4.19. The number of fused-ring (bicyclic) bond motifs is 1. The molecule has 202 valence electrons. The van der Waals surface area contributed by atoms with Crippen molar-refractivity contribution in [2.24, 2.45) is 4.99 Å². The molecule has 0 spiro atoms. The summed E-state index contributed by atoms with van der Waals surface area (Å²) in [5.41, 5.74) is 9.36. The number of aliphatic hydroxyl groups is 1. The number of hydrogen-bond donors (Lipinski definition) is 5. The number of carbonyl (C=O) groups is 2. The fourth-order valence-electron chi connectivity index (χ4n) is 4.28. The summed E-state index contributed by atoms with van der Waals surface area (Å²) in [5.74, 6) is -0.376. The number of rotatable bonds is 9. The van der Waals surface area contributed by atoms with E-state index in [9.17, 15) is 14.7 Å². The number of aryl methyl sites for hydroxylation is 1. The number of halogens is 1. The van der Waals surface area contributed by atoms with E-state index < -0.39 is 12.1 Å². The predicted molar refractivity (Wildman–Crippen MR) is 149 cm³/mol. The van der Waals surface area contributed by atoms with Crippen LogP contribution < -0.4 is 16.2 Å². The first-order valence-electron chi connectivity index (χ1n) is 12.2. The minimum absolute atomic E-state index is 0.0847. The molecule has 1 aliphatic rings. The van der Waals surface area contributed by atoms with Gasteiger partial charge in [-0.3, -0.25) is 9.59 Å². The van der Waals surface area contributed by atoms with E-state index in [4.69, 9.17) is 17.0 Å². The highest BCUT2D eigenvalue weighted by atomic mass is 35.5. The molecule has 11 nitrogen and oxygen atoms in total. The largest absolute Gasteiger partial charge is 0.394 e. The number of amides is 2. The average Bonchev–Trinajstić information content (AvgIpc) is 3.27. The maximum Gasteiger partial charge on any atom is 0.255 e. The Bertz CT molecular complexity index is 1440. The molecule has 2 atom stereocenters. The van der Waals surface area contributed by atoms with Crippen LogP contribution in [0.5, 0.6) is 0 Å². The summed E-state index contributed by atoms with van der Waals surface area (Å²) in [7, 11) is 1.64. The van der Waals surface area contributed by atoms with E-state index >= 15 is 0 Å². The van der Waals surface area contributed by atoms with Crippen molar-refractivity contribution in [3.8, 4) is 11.3 Å². The highest BCUT2D eigenvalue weighted by molar-refractivity contribution is 6.33. The Morgan fingerprint density at radius 3 is 2.79 bits per heavy atom. The number of aromatic nitrogens is 2. The number of nitrogens with one attached hydrogen (secondary N) is 4. The molecule has 1 aliphatic heterocycles. The van der Waals surface area contributed by atoms with Gasteiger partial charge in [0, 0.05) is 24.7 Å². The van der Waals surface area contributed by atoms with Gasteiger partial charge in [0.2, 0.25) is 5.91 Å². The summed E-state index contributed by atoms with van der Waals surface area (Å²) < 4.78 is 0. The third-order valence-corrected chi connectivity index (χ3v) is 6.62. The minimum atomic E-state index is -0.769. The van der Waals surface area contributed by atoms with Crippen molar-refractivity contribution in [3.63, 3.8) is 0 Å². The third kappa shape index (κ3) is 6.11. The zero-order valence-electron chi connectivity index (χ0n) is 21.7. The first kappa shape index (κ1) is 27.8. The second-order valence-corrected chi connectivity index (χ2v) is 9.43. The van der Waals surface area contributed by atoms with Crippen LogP contribution in [0, 0.1) is 12.3 Å². The molecule has 2 amide bonds. The van der Waals surface area contributed by atoms with Gasteiger partial charge in [-0.25, -0.2) is 15.4 Å². The molecule has 5 N–H and O–H groups in total. The third-order valence-electron chi connectivity index (χ3n) is 6.35. The molecule has 0 aliphatic carbocycles. The maximum atomic E-state index is 13.4. The van der Waals surface area contributed by atoms with Crippen molar-refractivity contribution in [2.45, 2.75) is 32.5 Å². The van der Waals surface area contributed by atoms with Crippen molar-refractivity contribution >= 4 is 41.4 Å². The summed E-state index contributed by atoms with van der Waals surface area (Å²) in [6.07, 6.45) is 2.42. The quantitative estimate of drug-likeness (QED) is 0.156. The first-order valence-corrected chi connectivity index (χ1v) is 12.6. The molecular formula is C27H29ClN8O3. The molecule has 0 radical (unpaired) electrons. The highest BCUT2D eigenvalue weighted by Crippen LogP contribution is 2.32. The Morgan fingerprint density at radius 2 is 2.10 bits per heavy atom. The van der Waals surface area contributed by atoms with Gasteiger partial charge in [-0.1, -0.05) is 53.6 Å². The number of hydrazine groups is 1. The van der Waals surface area contributed by atoms with Gasteiger partial charge in [0.05, 0.1) is 35.8 Å². The van der Waals surface area contributed by atoms with Gasteiger partial charge in [-0.15, -0.1) is 0 Å². The van der Waals surface area contributed by atoms with Crippen LogP contribution in [0.3, 0.4) is 0 Å². The smallest absolute Gasteiger partial charge is 0.255 e. The van der Waals surface area contributed by atoms with E-state index in [-0.39, 0.29) is 41.8 Å². The lowest BCUT2D eigenvalue weighted by Crippen LogP contribution is -2.46. The molecule has 2 aromatic carbocycles. The van der Waals surface area contributed by atoms with Crippen LogP contribution >= 0.6 is 11.6 Å². The Balaban J connectivity index is 1.54. The monoisotopic (exact) mass is 548 g/mol. The lowest BCUT2D eigenvalue weighted by molar-refractivity contribution is -0.126. The number of nitrogens with zero attached hydrogens (tertiary/aromatic N) is 4. The molecule has 0 saturated heterocycles. The normalized spacial score (nSPS) is 14.5. The van der Waals surface area contributed by atoms with E-state index in [1.54, 1.807) is 26.1 Å². The number of aliphatic imine (C=N–C) groups is 1. The maximum absolute atomic E-state index is 13.4. The van der Waals surface area contributed by atoms with E-state index in [1.165, 1.54) is 11.1 Å². The van der Waals surface area contributed by atoms with Crippen molar-refractivity contribution in [1.29, 1.82) is 5.41 Å². The Morgan fingerprint density at radius 1 is 1.31 bits per heavy atom. The van der Waals surface area contributed by atoms with E-state index in [2.05, 4.69) is 31.1 Å². The van der Waals surface area contributed by atoms with Crippen LogP contribution in [0.4, 0.5) is 5.95 Å². The van der Waals surface area contributed by atoms with Crippen molar-refractivity contribution in [2.75, 3.05) is 13.7 Å². The van der Waals surface area contributed by atoms with E-state index in [0.717, 1.165) is 22.9 Å². The fraction of sp³-hybridized carbons (Fsp3) is 0.259. The summed E-state index contributed by atoms with van der Waals surface area (Å²) in [4.78, 5) is 40.6. The van der Waals surface area contributed by atoms with Crippen LogP contribution in [0.15, 0.2) is 53.7 Å².